The second kappa shape index (κ2) is 11.2. The molecule has 1 saturated heterocycles. The highest BCUT2D eigenvalue weighted by molar-refractivity contribution is 6.30. The van der Waals surface area contributed by atoms with Gasteiger partial charge in [-0.2, -0.15) is 0 Å². The zero-order chi connectivity index (χ0) is 24.8. The summed E-state index contributed by atoms with van der Waals surface area (Å²) in [6.45, 7) is 4.80. The van der Waals surface area contributed by atoms with Crippen LogP contribution in [0.5, 0.6) is 0 Å². The minimum atomic E-state index is -1.03. The summed E-state index contributed by atoms with van der Waals surface area (Å²) in [5.74, 6) is -0.121. The summed E-state index contributed by atoms with van der Waals surface area (Å²) in [5, 5.41) is 0.435. The minimum absolute atomic E-state index is 0.144. The molecular weight excluding hydrogens is 468 g/mol. The summed E-state index contributed by atoms with van der Waals surface area (Å²) in [6.07, 6.45) is 3.92. The van der Waals surface area contributed by atoms with Crippen molar-refractivity contribution in [1.82, 2.24) is 24.8 Å². The molecule has 10 heteroatoms. The van der Waals surface area contributed by atoms with Crippen LogP contribution in [0.4, 0.5) is 10.6 Å². The van der Waals surface area contributed by atoms with Crippen molar-refractivity contribution in [1.29, 1.82) is 0 Å². The molecule has 3 aromatic rings. The molecule has 182 valence electrons. The van der Waals surface area contributed by atoms with Gasteiger partial charge in [0.2, 0.25) is 6.23 Å². The maximum atomic E-state index is 12.8. The first kappa shape index (κ1) is 24.6. The van der Waals surface area contributed by atoms with Gasteiger partial charge in [-0.1, -0.05) is 48.9 Å². The van der Waals surface area contributed by atoms with Crippen LogP contribution in [0.1, 0.15) is 34.9 Å². The van der Waals surface area contributed by atoms with E-state index >= 15 is 0 Å². The molecule has 2 amide bonds. The van der Waals surface area contributed by atoms with Crippen LogP contribution in [0.3, 0.4) is 0 Å². The number of amides is 2. The number of nitrogens with zero attached hydrogens (tertiary/aromatic N) is 6. The van der Waals surface area contributed by atoms with E-state index in [1.807, 2.05) is 13.1 Å². The van der Waals surface area contributed by atoms with Gasteiger partial charge in [0.1, 0.15) is 11.5 Å². The van der Waals surface area contributed by atoms with Gasteiger partial charge in [-0.3, -0.25) is 9.78 Å². The smallest absolute Gasteiger partial charge is 0.412 e. The predicted molar refractivity (Wildman–Crippen MR) is 132 cm³/mol. The third-order valence-corrected chi connectivity index (χ3v) is 6.02. The number of fused-ring (bicyclic) bond motifs is 1. The van der Waals surface area contributed by atoms with Crippen molar-refractivity contribution in [3.05, 3.63) is 83.0 Å². The number of rotatable bonds is 3. The van der Waals surface area contributed by atoms with Gasteiger partial charge < -0.3 is 14.5 Å². The SMILES string of the molecule is CCc1ccccc1.CN1CCN(C(=O)OC2c3nccnc3C(=O)N2c2ccc(Cl)cn2)CC1. The third kappa shape index (κ3) is 5.75. The normalized spacial score (nSPS) is 17.5. The summed E-state index contributed by atoms with van der Waals surface area (Å²) < 4.78 is 5.68. The van der Waals surface area contributed by atoms with E-state index in [9.17, 15) is 9.59 Å². The fraction of sp³-hybridized carbons (Fsp3) is 0.320. The number of ether oxygens (including phenoxy) is 1. The number of carbonyl (C=O) groups excluding carboxylic acids is 2. The average Bonchev–Trinajstić information content (AvgIpc) is 3.17. The lowest BCUT2D eigenvalue weighted by atomic mass is 10.2. The number of likely N-dealkylation sites (N-methyl/N-ethyl adjacent to an activating group) is 1. The molecule has 0 N–H and O–H groups in total. The molecule has 0 saturated carbocycles. The van der Waals surface area contributed by atoms with Crippen molar-refractivity contribution in [2.75, 3.05) is 38.1 Å². The summed E-state index contributed by atoms with van der Waals surface area (Å²) in [6, 6.07) is 13.7. The number of anilines is 1. The molecule has 2 aliphatic rings. The van der Waals surface area contributed by atoms with Crippen LogP contribution >= 0.6 is 11.6 Å². The first-order valence-corrected chi connectivity index (χ1v) is 11.8. The summed E-state index contributed by atoms with van der Waals surface area (Å²) >= 11 is 5.89. The van der Waals surface area contributed by atoms with Crippen LogP contribution in [-0.4, -0.2) is 70.0 Å². The first-order chi connectivity index (χ1) is 17.0. The topological polar surface area (TPSA) is 91.8 Å². The van der Waals surface area contributed by atoms with Crippen molar-refractivity contribution in [2.45, 2.75) is 19.6 Å². The fourth-order valence-electron chi connectivity index (χ4n) is 3.75. The zero-order valence-corrected chi connectivity index (χ0v) is 20.4. The van der Waals surface area contributed by atoms with Gasteiger partial charge in [0, 0.05) is 44.8 Å². The largest absolute Gasteiger partial charge is 0.419 e. The van der Waals surface area contributed by atoms with E-state index in [-0.39, 0.29) is 5.69 Å². The Morgan fingerprint density at radius 2 is 1.74 bits per heavy atom. The van der Waals surface area contributed by atoms with Crippen molar-refractivity contribution < 1.29 is 14.3 Å². The lowest BCUT2D eigenvalue weighted by Crippen LogP contribution is -2.48. The van der Waals surface area contributed by atoms with E-state index < -0.39 is 18.2 Å². The number of aromatic nitrogens is 3. The summed E-state index contributed by atoms with van der Waals surface area (Å²) in [4.78, 5) is 43.0. The standard InChI is InChI=1S/C17H17ClN6O3.C8H10/c1-22-6-8-23(9-7-22)17(26)27-16-14-13(19-4-5-20-14)15(25)24(16)12-3-2-11(18)10-21-12;1-2-8-6-4-3-5-7-8/h2-5,10,16H,6-9H2,1H3;3-7H,2H2,1H3. The second-order valence-corrected chi connectivity index (χ2v) is 8.60. The molecule has 2 aromatic heterocycles. The van der Waals surface area contributed by atoms with E-state index in [1.54, 1.807) is 17.0 Å². The molecule has 0 spiro atoms. The Labute approximate surface area is 209 Å². The van der Waals surface area contributed by atoms with Crippen molar-refractivity contribution in [3.63, 3.8) is 0 Å². The van der Waals surface area contributed by atoms with Crippen molar-refractivity contribution in [3.8, 4) is 0 Å². The van der Waals surface area contributed by atoms with Gasteiger partial charge in [0.05, 0.1) is 5.02 Å². The molecule has 1 fully saturated rings. The van der Waals surface area contributed by atoms with Gasteiger partial charge in [0.15, 0.2) is 5.69 Å². The van der Waals surface area contributed by atoms with Gasteiger partial charge in [0.25, 0.3) is 5.91 Å². The molecule has 35 heavy (non-hydrogen) atoms. The Balaban J connectivity index is 0.000000308. The highest BCUT2D eigenvalue weighted by Gasteiger charge is 2.44. The fourth-order valence-corrected chi connectivity index (χ4v) is 3.86. The molecule has 4 heterocycles. The van der Waals surface area contributed by atoms with E-state index in [4.69, 9.17) is 16.3 Å². The first-order valence-electron chi connectivity index (χ1n) is 11.4. The van der Waals surface area contributed by atoms with Crippen LogP contribution in [0.15, 0.2) is 61.1 Å². The van der Waals surface area contributed by atoms with Crippen molar-refractivity contribution in [2.24, 2.45) is 0 Å². The van der Waals surface area contributed by atoms with Gasteiger partial charge in [-0.25, -0.2) is 19.7 Å². The van der Waals surface area contributed by atoms with Crippen LogP contribution in [-0.2, 0) is 11.2 Å². The Hall–Kier alpha value is -3.56. The monoisotopic (exact) mass is 494 g/mol. The number of piperazine rings is 1. The molecule has 1 aromatic carbocycles. The van der Waals surface area contributed by atoms with Crippen LogP contribution in [0.25, 0.3) is 0 Å². The number of aryl methyl sites for hydroxylation is 1. The van der Waals surface area contributed by atoms with E-state index in [2.05, 4.69) is 51.0 Å². The predicted octanol–water partition coefficient (Wildman–Crippen LogP) is 3.82. The van der Waals surface area contributed by atoms with Gasteiger partial charge >= 0.3 is 6.09 Å². The molecule has 5 rings (SSSR count). The molecule has 9 nitrogen and oxygen atoms in total. The molecule has 2 aliphatic heterocycles. The zero-order valence-electron chi connectivity index (χ0n) is 19.7. The Morgan fingerprint density at radius 1 is 1.03 bits per heavy atom. The number of pyridine rings is 1. The van der Waals surface area contributed by atoms with Crippen LogP contribution in [0, 0.1) is 0 Å². The quantitative estimate of drug-likeness (QED) is 0.546. The number of hydrogen-bond donors (Lipinski definition) is 0. The average molecular weight is 495 g/mol. The number of carbonyl (C=O) groups is 2. The highest BCUT2D eigenvalue weighted by Crippen LogP contribution is 2.35. The number of benzene rings is 1. The summed E-state index contributed by atoms with van der Waals surface area (Å²) in [5.41, 5.74) is 1.85. The molecule has 0 bridgehead atoms. The van der Waals surface area contributed by atoms with Gasteiger partial charge in [-0.15, -0.1) is 0 Å². The molecule has 0 aliphatic carbocycles. The molecule has 0 radical (unpaired) electrons. The Kier molecular flexibility index (Phi) is 7.89. The van der Waals surface area contributed by atoms with Crippen molar-refractivity contribution >= 4 is 29.4 Å². The maximum Gasteiger partial charge on any atom is 0.412 e. The van der Waals surface area contributed by atoms with Crippen LogP contribution < -0.4 is 4.90 Å². The van der Waals surface area contributed by atoms with E-state index in [0.29, 0.717) is 29.6 Å². The van der Waals surface area contributed by atoms with E-state index in [1.165, 1.54) is 29.1 Å². The Bertz CT molecular complexity index is 1150. The number of hydrogen-bond acceptors (Lipinski definition) is 7. The molecule has 1 unspecified atom stereocenters. The summed E-state index contributed by atoms with van der Waals surface area (Å²) in [7, 11) is 2.00. The lowest BCUT2D eigenvalue weighted by molar-refractivity contribution is 0.0476. The van der Waals surface area contributed by atoms with Gasteiger partial charge in [-0.05, 0) is 31.2 Å². The maximum absolute atomic E-state index is 12.8. The second-order valence-electron chi connectivity index (χ2n) is 8.17. The van der Waals surface area contributed by atoms with Crippen LogP contribution in [0.2, 0.25) is 5.02 Å². The minimum Gasteiger partial charge on any atom is -0.419 e. The molecular formula is C25H27ClN6O3. The lowest BCUT2D eigenvalue weighted by Gasteiger charge is -2.33. The number of halogens is 1. The molecule has 1 atom stereocenters. The Morgan fingerprint density at radius 3 is 2.37 bits per heavy atom. The van der Waals surface area contributed by atoms with E-state index in [0.717, 1.165) is 19.5 Å². The highest BCUT2D eigenvalue weighted by atomic mass is 35.5. The third-order valence-electron chi connectivity index (χ3n) is 5.80.